The van der Waals surface area contributed by atoms with Crippen LogP contribution in [0.25, 0.3) is 11.3 Å². The molecule has 2 rings (SSSR count). The molecule has 0 saturated carbocycles. The van der Waals surface area contributed by atoms with E-state index in [1.165, 1.54) is 0 Å². The van der Waals surface area contributed by atoms with Gasteiger partial charge in [-0.1, -0.05) is 20.8 Å². The van der Waals surface area contributed by atoms with E-state index >= 15 is 0 Å². The highest BCUT2D eigenvalue weighted by Crippen LogP contribution is 2.30. The molecule has 0 aliphatic heterocycles. The van der Waals surface area contributed by atoms with Gasteiger partial charge in [0, 0.05) is 30.4 Å². The maximum Gasteiger partial charge on any atom is 0.131 e. The van der Waals surface area contributed by atoms with Crippen LogP contribution in [0.4, 0.5) is 5.82 Å². The first-order chi connectivity index (χ1) is 9.06. The Bertz CT molecular complexity index is 570. The molecule has 2 aromatic rings. The van der Waals surface area contributed by atoms with Gasteiger partial charge in [0.2, 0.25) is 0 Å². The van der Waals surface area contributed by atoms with Gasteiger partial charge in [-0.25, -0.2) is 4.98 Å². The summed E-state index contributed by atoms with van der Waals surface area (Å²) < 4.78 is 2.13. The summed E-state index contributed by atoms with van der Waals surface area (Å²) in [7, 11) is 0. The smallest absolute Gasteiger partial charge is 0.131 e. The Morgan fingerprint density at radius 2 is 2.11 bits per heavy atom. The van der Waals surface area contributed by atoms with Crippen LogP contribution >= 0.6 is 0 Å². The molecule has 0 spiro atoms. The number of nitrogens with zero attached hydrogens (tertiary/aromatic N) is 3. The molecular weight excluding hydrogens is 236 g/mol. The van der Waals surface area contributed by atoms with Crippen LogP contribution in [0.15, 0.2) is 18.5 Å². The van der Waals surface area contributed by atoms with Crippen molar-refractivity contribution in [2.24, 2.45) is 0 Å². The minimum atomic E-state index is 0.361. The first-order valence-electron chi connectivity index (χ1n) is 6.83. The molecule has 0 radical (unpaired) electrons. The highest BCUT2D eigenvalue weighted by Gasteiger charge is 2.18. The second-order valence-corrected chi connectivity index (χ2v) is 5.20. The van der Waals surface area contributed by atoms with E-state index in [-0.39, 0.29) is 0 Å². The molecule has 0 atom stereocenters. The summed E-state index contributed by atoms with van der Waals surface area (Å²) in [6.07, 6.45) is 4.68. The molecule has 4 nitrogen and oxygen atoms in total. The van der Waals surface area contributed by atoms with Gasteiger partial charge in [-0.15, -0.1) is 0 Å². The number of nitrogens with two attached hydrogens (primary N) is 1. The molecule has 0 aromatic carbocycles. The average molecular weight is 258 g/mol. The van der Waals surface area contributed by atoms with Crippen LogP contribution in [-0.4, -0.2) is 14.5 Å². The molecule has 2 N–H and O–H groups in total. The van der Waals surface area contributed by atoms with Crippen molar-refractivity contribution in [3.63, 3.8) is 0 Å². The van der Waals surface area contributed by atoms with Gasteiger partial charge in [0.05, 0.1) is 0 Å². The fraction of sp³-hybridized carbons (Fsp3) is 0.467. The minimum Gasteiger partial charge on any atom is -0.383 e. The minimum absolute atomic E-state index is 0.361. The second-order valence-electron chi connectivity index (χ2n) is 5.20. The fourth-order valence-electron chi connectivity index (χ4n) is 2.29. The Hall–Kier alpha value is -1.84. The topological polar surface area (TPSA) is 56.7 Å². The van der Waals surface area contributed by atoms with Crippen LogP contribution in [0.3, 0.4) is 0 Å². The number of imidazole rings is 1. The normalized spacial score (nSPS) is 11.2. The zero-order valence-corrected chi connectivity index (χ0v) is 12.1. The fourth-order valence-corrected chi connectivity index (χ4v) is 2.29. The number of aromatic nitrogens is 3. The lowest BCUT2D eigenvalue weighted by Gasteiger charge is -2.10. The van der Waals surface area contributed by atoms with Crippen molar-refractivity contribution in [3.8, 4) is 11.3 Å². The Labute approximate surface area is 114 Å². The number of nitrogen functional groups attached to an aromatic ring is 1. The van der Waals surface area contributed by atoms with Crippen molar-refractivity contribution in [3.05, 3.63) is 29.8 Å². The second kappa shape index (κ2) is 5.43. The van der Waals surface area contributed by atoms with E-state index in [0.717, 1.165) is 41.4 Å². The van der Waals surface area contributed by atoms with Gasteiger partial charge in [0.15, 0.2) is 0 Å². The van der Waals surface area contributed by atoms with E-state index in [0.29, 0.717) is 5.92 Å². The molecular formula is C15H22N4. The number of anilines is 1. The molecule has 0 unspecified atom stereocenters. The summed E-state index contributed by atoms with van der Waals surface area (Å²) in [6.45, 7) is 9.41. The Balaban J connectivity index is 2.59. The molecule has 0 saturated heterocycles. The van der Waals surface area contributed by atoms with Crippen molar-refractivity contribution in [2.75, 3.05) is 5.73 Å². The van der Waals surface area contributed by atoms with Crippen molar-refractivity contribution in [1.29, 1.82) is 0 Å². The monoisotopic (exact) mass is 258 g/mol. The van der Waals surface area contributed by atoms with E-state index in [1.807, 2.05) is 12.3 Å². The molecule has 0 aliphatic carbocycles. The SMILES string of the molecule is CCCn1c(C(C)C)nc(-c2cnccc2C)c1N. The van der Waals surface area contributed by atoms with Crippen LogP contribution < -0.4 is 5.73 Å². The van der Waals surface area contributed by atoms with Crippen LogP contribution in [0.5, 0.6) is 0 Å². The molecule has 2 heterocycles. The maximum absolute atomic E-state index is 6.30. The molecule has 19 heavy (non-hydrogen) atoms. The number of pyridine rings is 1. The molecule has 0 bridgehead atoms. The van der Waals surface area contributed by atoms with Gasteiger partial charge in [-0.2, -0.15) is 0 Å². The summed E-state index contributed by atoms with van der Waals surface area (Å²) in [4.78, 5) is 8.94. The molecule has 4 heteroatoms. The third-order valence-electron chi connectivity index (χ3n) is 3.29. The van der Waals surface area contributed by atoms with Gasteiger partial charge in [0.25, 0.3) is 0 Å². The van der Waals surface area contributed by atoms with Crippen molar-refractivity contribution < 1.29 is 0 Å². The first-order valence-corrected chi connectivity index (χ1v) is 6.83. The van der Waals surface area contributed by atoms with Gasteiger partial charge in [-0.3, -0.25) is 4.98 Å². The zero-order valence-electron chi connectivity index (χ0n) is 12.1. The van der Waals surface area contributed by atoms with Crippen molar-refractivity contribution in [1.82, 2.24) is 14.5 Å². The highest BCUT2D eigenvalue weighted by atomic mass is 15.1. The summed E-state index contributed by atoms with van der Waals surface area (Å²) in [5.41, 5.74) is 9.34. The van der Waals surface area contributed by atoms with E-state index in [2.05, 4.69) is 37.2 Å². The number of hydrogen-bond donors (Lipinski definition) is 1. The van der Waals surface area contributed by atoms with Crippen LogP contribution in [0, 0.1) is 6.92 Å². The van der Waals surface area contributed by atoms with Crippen molar-refractivity contribution in [2.45, 2.75) is 46.6 Å². The zero-order chi connectivity index (χ0) is 14.0. The van der Waals surface area contributed by atoms with Crippen LogP contribution in [0.1, 0.15) is 44.5 Å². The largest absolute Gasteiger partial charge is 0.383 e. The van der Waals surface area contributed by atoms with Crippen molar-refractivity contribution >= 4 is 5.82 Å². The molecule has 0 aliphatic rings. The summed E-state index contributed by atoms with van der Waals surface area (Å²) in [5, 5.41) is 0. The highest BCUT2D eigenvalue weighted by molar-refractivity contribution is 5.73. The lowest BCUT2D eigenvalue weighted by molar-refractivity contribution is 0.616. The predicted molar refractivity (Wildman–Crippen MR) is 79.0 cm³/mol. The summed E-state index contributed by atoms with van der Waals surface area (Å²) in [5.74, 6) is 2.17. The van der Waals surface area contributed by atoms with E-state index in [1.54, 1.807) is 6.20 Å². The maximum atomic E-state index is 6.30. The summed E-state index contributed by atoms with van der Waals surface area (Å²) in [6, 6.07) is 1.99. The number of hydrogen-bond acceptors (Lipinski definition) is 3. The third kappa shape index (κ3) is 2.48. The molecule has 102 valence electrons. The predicted octanol–water partition coefficient (Wildman–Crippen LogP) is 3.37. The molecule has 0 amide bonds. The third-order valence-corrected chi connectivity index (χ3v) is 3.29. The first kappa shape index (κ1) is 13.6. The Morgan fingerprint density at radius 3 is 2.68 bits per heavy atom. The average Bonchev–Trinajstić information content (AvgIpc) is 2.69. The van der Waals surface area contributed by atoms with Gasteiger partial charge in [0.1, 0.15) is 17.3 Å². The number of aryl methyl sites for hydroxylation is 1. The Kier molecular flexibility index (Phi) is 3.88. The van der Waals surface area contributed by atoms with Gasteiger partial charge >= 0.3 is 0 Å². The van der Waals surface area contributed by atoms with E-state index in [4.69, 9.17) is 10.7 Å². The lowest BCUT2D eigenvalue weighted by Crippen LogP contribution is -2.08. The molecule has 2 aromatic heterocycles. The summed E-state index contributed by atoms with van der Waals surface area (Å²) >= 11 is 0. The van der Waals surface area contributed by atoms with E-state index < -0.39 is 0 Å². The lowest BCUT2D eigenvalue weighted by atomic mass is 10.1. The molecule has 0 fully saturated rings. The van der Waals surface area contributed by atoms with Gasteiger partial charge in [-0.05, 0) is 25.0 Å². The quantitative estimate of drug-likeness (QED) is 0.914. The van der Waals surface area contributed by atoms with Crippen LogP contribution in [0.2, 0.25) is 0 Å². The van der Waals surface area contributed by atoms with Crippen LogP contribution in [-0.2, 0) is 6.54 Å². The standard InChI is InChI=1S/C15H22N4/c1-5-8-19-14(16)13(18-15(19)10(2)3)12-9-17-7-6-11(12)4/h6-7,9-10H,5,8,16H2,1-4H3. The van der Waals surface area contributed by atoms with Gasteiger partial charge < -0.3 is 10.3 Å². The number of rotatable bonds is 4. The Morgan fingerprint density at radius 1 is 1.37 bits per heavy atom. The van der Waals surface area contributed by atoms with E-state index in [9.17, 15) is 0 Å².